The number of nitrogens with zero attached hydrogens (tertiary/aromatic N) is 5. The van der Waals surface area contributed by atoms with Gasteiger partial charge in [-0.1, -0.05) is 6.42 Å². The van der Waals surface area contributed by atoms with Gasteiger partial charge in [0.25, 0.3) is 5.91 Å². The standard InChI is InChI=1S/C21H28N8O/c1-14(2)24-18(30)17-10-13-28(27-17)15-6-8-16(9-7-15)29-20(23)25-19(22)26-21(29)11-4-3-5-12-21/h6-10,13-14H,3-5,11-12H2,1-2H3,(H,24,30)(H4,22,23,25,26). The maximum Gasteiger partial charge on any atom is 0.271 e. The zero-order valence-electron chi connectivity index (χ0n) is 17.4. The first-order valence-electron chi connectivity index (χ1n) is 10.3. The molecule has 1 aromatic heterocycles. The van der Waals surface area contributed by atoms with Crippen LogP contribution in [0.25, 0.3) is 5.69 Å². The minimum absolute atomic E-state index is 0.0578. The summed E-state index contributed by atoms with van der Waals surface area (Å²) in [6, 6.07) is 9.59. The molecule has 9 nitrogen and oxygen atoms in total. The van der Waals surface area contributed by atoms with E-state index in [9.17, 15) is 4.79 Å². The van der Waals surface area contributed by atoms with Gasteiger partial charge < -0.3 is 16.8 Å². The second kappa shape index (κ2) is 7.81. The number of carbonyl (C=O) groups is 1. The van der Waals surface area contributed by atoms with Crippen LogP contribution >= 0.6 is 0 Å². The Hall–Kier alpha value is -3.36. The third-order valence-corrected chi connectivity index (χ3v) is 5.47. The topological polar surface area (TPSA) is 127 Å². The first-order valence-corrected chi connectivity index (χ1v) is 10.3. The van der Waals surface area contributed by atoms with Crippen molar-refractivity contribution in [3.05, 3.63) is 42.2 Å². The first kappa shape index (κ1) is 19.9. The molecule has 5 N–H and O–H groups in total. The SMILES string of the molecule is CC(C)NC(=O)c1ccn(-c2ccc(N3C(N)=NC(N)=NC34CCCCC4)cc2)n1. The molecule has 4 rings (SSSR count). The molecule has 30 heavy (non-hydrogen) atoms. The lowest BCUT2D eigenvalue weighted by Crippen LogP contribution is -2.58. The van der Waals surface area contributed by atoms with Crippen molar-refractivity contribution in [3.8, 4) is 5.69 Å². The minimum Gasteiger partial charge on any atom is -0.369 e. The molecule has 2 aromatic rings. The summed E-state index contributed by atoms with van der Waals surface area (Å²) in [7, 11) is 0. The maximum absolute atomic E-state index is 12.2. The summed E-state index contributed by atoms with van der Waals surface area (Å²) in [5.41, 5.74) is 13.9. The molecule has 0 saturated heterocycles. The number of aliphatic imine (C=N–C) groups is 2. The zero-order valence-corrected chi connectivity index (χ0v) is 17.4. The van der Waals surface area contributed by atoms with Crippen LogP contribution in [0.15, 0.2) is 46.5 Å². The predicted molar refractivity (Wildman–Crippen MR) is 118 cm³/mol. The highest BCUT2D eigenvalue weighted by atomic mass is 16.2. The number of benzene rings is 1. The Balaban J connectivity index is 1.60. The van der Waals surface area contributed by atoms with Gasteiger partial charge in [-0.15, -0.1) is 0 Å². The monoisotopic (exact) mass is 408 g/mol. The highest BCUT2D eigenvalue weighted by Gasteiger charge is 2.42. The van der Waals surface area contributed by atoms with E-state index in [4.69, 9.17) is 16.5 Å². The van der Waals surface area contributed by atoms with E-state index in [-0.39, 0.29) is 17.9 Å². The third-order valence-electron chi connectivity index (χ3n) is 5.47. The molecule has 0 radical (unpaired) electrons. The van der Waals surface area contributed by atoms with E-state index >= 15 is 0 Å². The minimum atomic E-state index is -0.469. The van der Waals surface area contributed by atoms with E-state index < -0.39 is 5.66 Å². The van der Waals surface area contributed by atoms with Crippen molar-refractivity contribution in [2.45, 2.75) is 57.7 Å². The van der Waals surface area contributed by atoms with Crippen molar-refractivity contribution < 1.29 is 4.79 Å². The van der Waals surface area contributed by atoms with E-state index in [1.165, 1.54) is 6.42 Å². The summed E-state index contributed by atoms with van der Waals surface area (Å²) in [5, 5.41) is 7.23. The smallest absolute Gasteiger partial charge is 0.271 e. The number of hydrogen-bond acceptors (Lipinski definition) is 7. The van der Waals surface area contributed by atoms with Gasteiger partial charge in [-0.3, -0.25) is 9.69 Å². The fourth-order valence-electron chi connectivity index (χ4n) is 4.17. The summed E-state index contributed by atoms with van der Waals surface area (Å²) >= 11 is 0. The summed E-state index contributed by atoms with van der Waals surface area (Å²) in [6.07, 6.45) is 6.89. The van der Waals surface area contributed by atoms with Crippen LogP contribution in [0.3, 0.4) is 0 Å². The normalized spacial score (nSPS) is 18.3. The van der Waals surface area contributed by atoms with E-state index in [2.05, 4.69) is 15.4 Å². The Kier molecular flexibility index (Phi) is 5.19. The summed E-state index contributed by atoms with van der Waals surface area (Å²) in [5.74, 6) is 0.419. The van der Waals surface area contributed by atoms with Crippen molar-refractivity contribution in [1.29, 1.82) is 0 Å². The molecule has 0 atom stereocenters. The number of nitrogens with one attached hydrogen (secondary N) is 1. The average Bonchev–Trinajstić information content (AvgIpc) is 3.18. The number of amides is 1. The largest absolute Gasteiger partial charge is 0.369 e. The van der Waals surface area contributed by atoms with Crippen molar-refractivity contribution in [2.75, 3.05) is 4.90 Å². The van der Waals surface area contributed by atoms with Crippen molar-refractivity contribution >= 4 is 23.5 Å². The Labute approximate surface area is 175 Å². The molecule has 1 aliphatic heterocycles. The lowest BCUT2D eigenvalue weighted by Gasteiger charge is -2.45. The molecule has 2 aliphatic rings. The van der Waals surface area contributed by atoms with Gasteiger partial charge in [0.15, 0.2) is 5.69 Å². The number of carbonyl (C=O) groups excluding carboxylic acids is 1. The second-order valence-electron chi connectivity index (χ2n) is 8.11. The number of aromatic nitrogens is 2. The highest BCUT2D eigenvalue weighted by molar-refractivity contribution is 6.05. The van der Waals surface area contributed by atoms with Crippen LogP contribution in [0.5, 0.6) is 0 Å². The fraction of sp³-hybridized carbons (Fsp3) is 0.429. The van der Waals surface area contributed by atoms with Gasteiger partial charge in [0.2, 0.25) is 11.9 Å². The van der Waals surface area contributed by atoms with Crippen molar-refractivity contribution in [2.24, 2.45) is 21.5 Å². The molecule has 0 bridgehead atoms. The average molecular weight is 409 g/mol. The lowest BCUT2D eigenvalue weighted by atomic mass is 9.87. The lowest BCUT2D eigenvalue weighted by molar-refractivity contribution is 0.0937. The Morgan fingerprint density at radius 2 is 1.73 bits per heavy atom. The molecular weight excluding hydrogens is 380 g/mol. The highest BCUT2D eigenvalue weighted by Crippen LogP contribution is 2.39. The molecule has 0 unspecified atom stereocenters. The predicted octanol–water partition coefficient (Wildman–Crippen LogP) is 2.12. The van der Waals surface area contributed by atoms with Crippen LogP contribution in [-0.4, -0.2) is 39.3 Å². The van der Waals surface area contributed by atoms with E-state index in [0.717, 1.165) is 37.1 Å². The van der Waals surface area contributed by atoms with Gasteiger partial charge in [0.05, 0.1) is 5.69 Å². The van der Waals surface area contributed by atoms with Gasteiger partial charge in [0.1, 0.15) is 5.66 Å². The summed E-state index contributed by atoms with van der Waals surface area (Å²) in [4.78, 5) is 23.1. The molecule has 1 spiro atoms. The van der Waals surface area contributed by atoms with Crippen LogP contribution in [0.4, 0.5) is 5.69 Å². The van der Waals surface area contributed by atoms with Gasteiger partial charge >= 0.3 is 0 Å². The van der Waals surface area contributed by atoms with Gasteiger partial charge in [-0.05, 0) is 69.9 Å². The third kappa shape index (κ3) is 3.74. The molecule has 1 aromatic carbocycles. The van der Waals surface area contributed by atoms with Gasteiger partial charge in [-0.25, -0.2) is 9.67 Å². The zero-order chi connectivity index (χ0) is 21.3. The second-order valence-corrected chi connectivity index (χ2v) is 8.11. The number of anilines is 1. The molecule has 1 aliphatic carbocycles. The number of hydrogen-bond donors (Lipinski definition) is 3. The van der Waals surface area contributed by atoms with Crippen molar-refractivity contribution in [3.63, 3.8) is 0 Å². The summed E-state index contributed by atoms with van der Waals surface area (Å²) < 4.78 is 1.68. The first-order chi connectivity index (χ1) is 14.4. The molecule has 158 valence electrons. The van der Waals surface area contributed by atoms with E-state index in [0.29, 0.717) is 11.7 Å². The molecule has 1 saturated carbocycles. The van der Waals surface area contributed by atoms with Crippen molar-refractivity contribution in [1.82, 2.24) is 15.1 Å². The Morgan fingerprint density at radius 1 is 1.07 bits per heavy atom. The Bertz CT molecular complexity index is 983. The van der Waals surface area contributed by atoms with E-state index in [1.54, 1.807) is 16.9 Å². The van der Waals surface area contributed by atoms with Gasteiger partial charge in [0, 0.05) is 17.9 Å². The molecule has 2 heterocycles. The quantitative estimate of drug-likeness (QED) is 0.714. The number of guanidine groups is 2. The molecular formula is C21H28N8O. The molecule has 1 amide bonds. The molecule has 1 fully saturated rings. The summed E-state index contributed by atoms with van der Waals surface area (Å²) in [6.45, 7) is 3.83. The van der Waals surface area contributed by atoms with Crippen LogP contribution in [0, 0.1) is 0 Å². The van der Waals surface area contributed by atoms with Crippen LogP contribution in [0.1, 0.15) is 56.4 Å². The fourth-order valence-corrected chi connectivity index (χ4v) is 4.17. The number of rotatable bonds is 4. The Morgan fingerprint density at radius 3 is 2.40 bits per heavy atom. The van der Waals surface area contributed by atoms with E-state index in [1.807, 2.05) is 43.0 Å². The number of nitrogens with two attached hydrogens (primary N) is 2. The maximum atomic E-state index is 12.2. The molecule has 9 heteroatoms. The van der Waals surface area contributed by atoms with Crippen LogP contribution < -0.4 is 21.7 Å². The van der Waals surface area contributed by atoms with Gasteiger partial charge in [-0.2, -0.15) is 10.1 Å². The van der Waals surface area contributed by atoms with Crippen LogP contribution in [-0.2, 0) is 0 Å². The van der Waals surface area contributed by atoms with Crippen LogP contribution in [0.2, 0.25) is 0 Å².